The van der Waals surface area contributed by atoms with Crippen molar-refractivity contribution >= 4 is 5.91 Å². The molecule has 1 atom stereocenters. The summed E-state index contributed by atoms with van der Waals surface area (Å²) in [5.41, 5.74) is 1.57. The van der Waals surface area contributed by atoms with Crippen molar-refractivity contribution in [2.45, 2.75) is 32.2 Å². The lowest BCUT2D eigenvalue weighted by molar-refractivity contribution is -0.00357. The normalized spacial score (nSPS) is 17.3. The molecule has 4 heteroatoms. The maximum Gasteiger partial charge on any atom is 0.270 e. The predicted octanol–water partition coefficient (Wildman–Crippen LogP) is 1.97. The van der Waals surface area contributed by atoms with Gasteiger partial charge in [-0.05, 0) is 24.0 Å². The molecule has 1 amide bonds. The van der Waals surface area contributed by atoms with Gasteiger partial charge in [0.15, 0.2) is 0 Å². The number of ether oxygens (including phenoxy) is 1. The molecule has 0 spiro atoms. The lowest BCUT2D eigenvalue weighted by atomic mass is 9.96. The molecule has 94 valence electrons. The van der Waals surface area contributed by atoms with E-state index in [0.29, 0.717) is 24.8 Å². The highest BCUT2D eigenvalue weighted by atomic mass is 16.5. The summed E-state index contributed by atoms with van der Waals surface area (Å²) >= 11 is 0. The van der Waals surface area contributed by atoms with Crippen LogP contribution < -0.4 is 5.32 Å². The molecule has 0 bridgehead atoms. The van der Waals surface area contributed by atoms with Gasteiger partial charge in [0, 0.05) is 7.62 Å². The number of amides is 1. The van der Waals surface area contributed by atoms with Crippen LogP contribution in [0.15, 0.2) is 18.3 Å². The van der Waals surface area contributed by atoms with E-state index in [1.54, 1.807) is 6.20 Å². The van der Waals surface area contributed by atoms with Crippen LogP contribution in [0.4, 0.5) is 0 Å². The number of aromatic nitrogens is 1. The Bertz CT molecular complexity index is 408. The second-order valence-corrected chi connectivity index (χ2v) is 4.46. The van der Waals surface area contributed by atoms with E-state index in [0.717, 1.165) is 12.0 Å². The average molecular weight is 236 g/mol. The zero-order valence-electron chi connectivity index (χ0n) is 10.3. The molecule has 0 aliphatic carbocycles. The molecule has 1 aliphatic rings. The Hall–Kier alpha value is -1.42. The van der Waals surface area contributed by atoms with Gasteiger partial charge in [-0.3, -0.25) is 9.78 Å². The first-order valence-electron chi connectivity index (χ1n) is 6.06. The molecule has 2 rings (SSSR count). The summed E-state index contributed by atoms with van der Waals surface area (Å²) in [5, 5.41) is 2.93. The molecule has 0 radical (unpaired) electrons. The Kier molecular flexibility index (Phi) is 3.74. The van der Waals surface area contributed by atoms with Crippen LogP contribution in [-0.2, 0) is 4.74 Å². The van der Waals surface area contributed by atoms with Crippen LogP contribution in [-0.4, -0.2) is 30.1 Å². The van der Waals surface area contributed by atoms with Gasteiger partial charge in [0.05, 0.1) is 19.3 Å². The van der Waals surface area contributed by atoms with Gasteiger partial charge in [0.2, 0.25) is 0 Å². The molecular formula is C13H20N2O2. The first-order chi connectivity index (χ1) is 8.22. The summed E-state index contributed by atoms with van der Waals surface area (Å²) in [6, 6.07) is 4.01. The van der Waals surface area contributed by atoms with Crippen molar-refractivity contribution in [3.63, 3.8) is 0 Å². The first-order valence-corrected chi connectivity index (χ1v) is 6.06. The van der Waals surface area contributed by atoms with Crippen molar-refractivity contribution in [1.29, 1.82) is 0 Å². The van der Waals surface area contributed by atoms with Gasteiger partial charge in [-0.25, -0.2) is 0 Å². The van der Waals surface area contributed by atoms with E-state index in [9.17, 15) is 4.79 Å². The number of rotatable bonds is 4. The molecule has 1 aromatic heterocycles. The number of carbonyl (C=O) groups is 1. The van der Waals surface area contributed by atoms with Crippen molar-refractivity contribution in [3.8, 4) is 0 Å². The maximum absolute atomic E-state index is 12.1. The summed E-state index contributed by atoms with van der Waals surface area (Å²) in [7, 11) is 0. The smallest absolute Gasteiger partial charge is 0.270 e. The minimum atomic E-state index is -0.0887. The topological polar surface area (TPSA) is 51.2 Å². The summed E-state index contributed by atoms with van der Waals surface area (Å²) in [6.07, 6.45) is 2.66. The zero-order valence-corrected chi connectivity index (χ0v) is 10.3. The van der Waals surface area contributed by atoms with Gasteiger partial charge in [0.1, 0.15) is 5.69 Å². The Balaban J connectivity index is 0.00000162. The Morgan fingerprint density at radius 3 is 3.06 bits per heavy atom. The summed E-state index contributed by atoms with van der Waals surface area (Å²) in [4.78, 5) is 16.3. The molecule has 4 nitrogen and oxygen atoms in total. The minimum Gasteiger partial charge on any atom is -0.377 e. The number of carbonyl (C=O) groups excluding carboxylic acids is 1. The maximum atomic E-state index is 12.1. The second-order valence-electron chi connectivity index (χ2n) is 4.46. The molecule has 1 fully saturated rings. The van der Waals surface area contributed by atoms with Crippen LogP contribution >= 0.6 is 0 Å². The van der Waals surface area contributed by atoms with Crippen molar-refractivity contribution in [1.82, 2.24) is 10.3 Å². The van der Waals surface area contributed by atoms with E-state index in [4.69, 9.17) is 4.74 Å². The van der Waals surface area contributed by atoms with E-state index >= 15 is 0 Å². The van der Waals surface area contributed by atoms with Crippen LogP contribution in [0.5, 0.6) is 0 Å². The lowest BCUT2D eigenvalue weighted by Crippen LogP contribution is -2.48. The highest BCUT2D eigenvalue weighted by Gasteiger charge is 2.23. The molecule has 1 N–H and O–H groups in total. The van der Waals surface area contributed by atoms with Crippen LogP contribution in [0, 0.1) is 0 Å². The highest BCUT2D eigenvalue weighted by Crippen LogP contribution is 2.21. The fourth-order valence-corrected chi connectivity index (χ4v) is 1.80. The van der Waals surface area contributed by atoms with Crippen LogP contribution in [0.1, 0.15) is 43.7 Å². The fraction of sp³-hybridized carbons (Fsp3) is 0.538. The van der Waals surface area contributed by atoms with E-state index in [1.165, 1.54) is 0 Å². The van der Waals surface area contributed by atoms with Crippen molar-refractivity contribution in [2.24, 2.45) is 0 Å². The second kappa shape index (κ2) is 5.27. The van der Waals surface area contributed by atoms with Gasteiger partial charge in [-0.2, -0.15) is 0 Å². The number of pyridine rings is 1. The third-order valence-corrected chi connectivity index (χ3v) is 3.17. The van der Waals surface area contributed by atoms with Crippen molar-refractivity contribution in [2.75, 3.05) is 13.2 Å². The molecule has 1 aliphatic heterocycles. The largest absolute Gasteiger partial charge is 0.377 e. The molecule has 1 saturated heterocycles. The van der Waals surface area contributed by atoms with E-state index < -0.39 is 0 Å². The number of hydrogen-bond donors (Lipinski definition) is 1. The first kappa shape index (κ1) is 12.0. The predicted molar refractivity (Wildman–Crippen MR) is 67.1 cm³/mol. The lowest BCUT2D eigenvalue weighted by Gasteiger charge is -2.27. The van der Waals surface area contributed by atoms with Crippen molar-refractivity contribution < 1.29 is 11.0 Å². The fourth-order valence-electron chi connectivity index (χ4n) is 1.80. The Morgan fingerprint density at radius 1 is 1.71 bits per heavy atom. The third kappa shape index (κ3) is 2.64. The van der Waals surface area contributed by atoms with Crippen LogP contribution in [0.3, 0.4) is 0 Å². The molecule has 1 unspecified atom stereocenters. The van der Waals surface area contributed by atoms with E-state index in [1.807, 2.05) is 12.1 Å². The monoisotopic (exact) mass is 236 g/mol. The zero-order chi connectivity index (χ0) is 12.3. The quantitative estimate of drug-likeness (QED) is 0.869. The highest BCUT2D eigenvalue weighted by molar-refractivity contribution is 5.94. The molecule has 1 aromatic rings. The standard InChI is InChI=1S/C13H18N2O2.H2/c1-3-9(2)11-5-4-6-14-12(11)13(16)15-10-7-17-8-10;/h4-6,9-10H,3,7-8H2,1-2H3,(H,15,16);1H. The minimum absolute atomic E-state index is 0. The molecule has 17 heavy (non-hydrogen) atoms. The molecule has 0 saturated carbocycles. The Morgan fingerprint density at radius 2 is 2.47 bits per heavy atom. The van der Waals surface area contributed by atoms with Gasteiger partial charge in [0.25, 0.3) is 5.91 Å². The van der Waals surface area contributed by atoms with E-state index in [-0.39, 0.29) is 13.4 Å². The van der Waals surface area contributed by atoms with Gasteiger partial charge in [-0.15, -0.1) is 0 Å². The average Bonchev–Trinajstić information content (AvgIpc) is 2.32. The number of hydrogen-bond acceptors (Lipinski definition) is 3. The van der Waals surface area contributed by atoms with E-state index in [2.05, 4.69) is 24.1 Å². The van der Waals surface area contributed by atoms with Crippen LogP contribution in [0.2, 0.25) is 0 Å². The number of nitrogens with zero attached hydrogens (tertiary/aromatic N) is 1. The van der Waals surface area contributed by atoms with Gasteiger partial charge in [-0.1, -0.05) is 19.9 Å². The summed E-state index contributed by atoms with van der Waals surface area (Å²) in [6.45, 7) is 5.44. The van der Waals surface area contributed by atoms with Gasteiger partial charge < -0.3 is 10.1 Å². The Labute approximate surface area is 103 Å². The third-order valence-electron chi connectivity index (χ3n) is 3.17. The number of nitrogens with one attached hydrogen (secondary N) is 1. The van der Waals surface area contributed by atoms with Gasteiger partial charge >= 0.3 is 0 Å². The summed E-state index contributed by atoms with van der Waals surface area (Å²) in [5.74, 6) is 0.260. The molecular weight excluding hydrogens is 216 g/mol. The van der Waals surface area contributed by atoms with Crippen molar-refractivity contribution in [3.05, 3.63) is 29.6 Å². The van der Waals surface area contributed by atoms with Crippen LogP contribution in [0.25, 0.3) is 0 Å². The SMILES string of the molecule is CCC(C)c1cccnc1C(=O)NC1COC1.[HH]. The molecule has 2 heterocycles. The summed E-state index contributed by atoms with van der Waals surface area (Å²) < 4.78 is 5.04. The molecule has 0 aromatic carbocycles.